The number of amides is 1. The summed E-state index contributed by atoms with van der Waals surface area (Å²) in [4.78, 5) is 29.5. The second-order valence-electron chi connectivity index (χ2n) is 8.74. The molecule has 0 saturated heterocycles. The molecule has 1 aromatic carbocycles. The van der Waals surface area contributed by atoms with Gasteiger partial charge in [-0.05, 0) is 43.7 Å². The zero-order valence-electron chi connectivity index (χ0n) is 18.8. The van der Waals surface area contributed by atoms with Crippen LogP contribution in [0.5, 0.6) is 0 Å². The van der Waals surface area contributed by atoms with Gasteiger partial charge in [0.2, 0.25) is 5.91 Å². The summed E-state index contributed by atoms with van der Waals surface area (Å²) in [5.41, 5.74) is 4.69. The summed E-state index contributed by atoms with van der Waals surface area (Å²) >= 11 is 0. The van der Waals surface area contributed by atoms with E-state index in [1.54, 1.807) is 0 Å². The van der Waals surface area contributed by atoms with Crippen molar-refractivity contribution in [1.29, 1.82) is 0 Å². The lowest BCUT2D eigenvalue weighted by Crippen LogP contribution is -2.28. The number of rotatable bonds is 9. The van der Waals surface area contributed by atoms with Crippen LogP contribution >= 0.6 is 0 Å². The predicted octanol–water partition coefficient (Wildman–Crippen LogP) is 4.44. The van der Waals surface area contributed by atoms with Crippen LogP contribution in [0, 0.1) is 6.92 Å². The summed E-state index contributed by atoms with van der Waals surface area (Å²) in [7, 11) is 0. The molecule has 0 spiro atoms. The fourth-order valence-electron chi connectivity index (χ4n) is 3.65. The van der Waals surface area contributed by atoms with Crippen LogP contribution in [0.4, 0.5) is 0 Å². The number of benzene rings is 1. The van der Waals surface area contributed by atoms with Crippen LogP contribution in [0.1, 0.15) is 77.8 Å². The number of hydrogen-bond donors (Lipinski definition) is 1. The second-order valence-corrected chi connectivity index (χ2v) is 8.74. The van der Waals surface area contributed by atoms with Gasteiger partial charge >= 0.3 is 5.97 Å². The number of nitrogens with one attached hydrogen (secondary N) is 1. The third-order valence-corrected chi connectivity index (χ3v) is 5.67. The third-order valence-electron chi connectivity index (χ3n) is 5.67. The molecule has 4 rings (SSSR count). The molecule has 0 radical (unpaired) electrons. The summed E-state index contributed by atoms with van der Waals surface area (Å²) in [5, 5.41) is 7.56. The minimum atomic E-state index is -0.446. The van der Waals surface area contributed by atoms with Crippen LogP contribution in [-0.4, -0.2) is 35.2 Å². The average Bonchev–Trinajstić information content (AvgIpc) is 3.54. The lowest BCUT2D eigenvalue weighted by Gasteiger charge is -2.09. The van der Waals surface area contributed by atoms with Gasteiger partial charge in [-0.15, -0.1) is 0 Å². The summed E-state index contributed by atoms with van der Waals surface area (Å²) in [6.45, 7) is 6.39. The number of esters is 1. The van der Waals surface area contributed by atoms with E-state index in [1.807, 2.05) is 51.1 Å². The number of pyridine rings is 1. The average molecular weight is 436 g/mol. The minimum Gasteiger partial charge on any atom is -0.460 e. The Bertz CT molecular complexity index is 1110. The van der Waals surface area contributed by atoms with E-state index in [2.05, 4.69) is 15.5 Å². The van der Waals surface area contributed by atoms with Crippen LogP contribution in [0.3, 0.4) is 0 Å². The second kappa shape index (κ2) is 9.51. The molecule has 1 aliphatic carbocycles. The van der Waals surface area contributed by atoms with Crippen molar-refractivity contribution in [3.05, 3.63) is 58.4 Å². The van der Waals surface area contributed by atoms with Gasteiger partial charge in [0.15, 0.2) is 0 Å². The molecule has 7 nitrogen and oxygen atoms in total. The molecule has 0 aliphatic heterocycles. The highest BCUT2D eigenvalue weighted by Gasteiger charge is 2.30. The van der Waals surface area contributed by atoms with Crippen LogP contribution in [0.15, 0.2) is 34.9 Å². The molecule has 32 heavy (non-hydrogen) atoms. The Morgan fingerprint density at radius 2 is 1.97 bits per heavy atom. The largest absolute Gasteiger partial charge is 0.460 e. The van der Waals surface area contributed by atoms with Gasteiger partial charge in [-0.3, -0.25) is 4.79 Å². The first-order chi connectivity index (χ1) is 15.4. The number of carbonyl (C=O) groups is 2. The molecule has 3 aromatic rings. The maximum Gasteiger partial charge on any atom is 0.339 e. The Balaban J connectivity index is 1.33. The number of aryl methyl sites for hydroxylation is 2. The predicted molar refractivity (Wildman–Crippen MR) is 121 cm³/mol. The molecule has 2 aromatic heterocycles. The topological polar surface area (TPSA) is 94.3 Å². The SMILES string of the molecule is Cc1ccc(CCC(=O)NCCOC(=O)c2cc(C3CC3)nc3onc(C(C)C)c23)cc1. The smallest absolute Gasteiger partial charge is 0.339 e. The van der Waals surface area contributed by atoms with E-state index in [0.29, 0.717) is 41.1 Å². The molecule has 0 atom stereocenters. The fraction of sp³-hybridized carbons (Fsp3) is 0.440. The van der Waals surface area contributed by atoms with Crippen molar-refractivity contribution in [2.24, 2.45) is 0 Å². The van der Waals surface area contributed by atoms with Gasteiger partial charge in [-0.25, -0.2) is 9.78 Å². The first kappa shape index (κ1) is 22.0. The van der Waals surface area contributed by atoms with Crippen molar-refractivity contribution in [1.82, 2.24) is 15.5 Å². The van der Waals surface area contributed by atoms with Gasteiger partial charge in [0.25, 0.3) is 5.71 Å². The monoisotopic (exact) mass is 435 g/mol. The van der Waals surface area contributed by atoms with Crippen molar-refractivity contribution in [2.75, 3.05) is 13.2 Å². The molecule has 1 saturated carbocycles. The Morgan fingerprint density at radius 1 is 1.22 bits per heavy atom. The van der Waals surface area contributed by atoms with Gasteiger partial charge in [-0.2, -0.15) is 0 Å². The van der Waals surface area contributed by atoms with E-state index >= 15 is 0 Å². The Hall–Kier alpha value is -3.22. The van der Waals surface area contributed by atoms with Gasteiger partial charge in [0.05, 0.1) is 23.2 Å². The molecule has 1 amide bonds. The van der Waals surface area contributed by atoms with Crippen LogP contribution in [0.2, 0.25) is 0 Å². The lowest BCUT2D eigenvalue weighted by atomic mass is 10.0. The zero-order chi connectivity index (χ0) is 22.7. The van der Waals surface area contributed by atoms with Gasteiger partial charge in [0, 0.05) is 18.0 Å². The normalized spacial score (nSPS) is 13.5. The molecular formula is C25H29N3O4. The minimum absolute atomic E-state index is 0.0647. The van der Waals surface area contributed by atoms with Gasteiger partial charge in [-0.1, -0.05) is 48.8 Å². The Morgan fingerprint density at radius 3 is 2.66 bits per heavy atom. The number of nitrogens with zero attached hydrogens (tertiary/aromatic N) is 2. The number of aromatic nitrogens is 2. The quantitative estimate of drug-likeness (QED) is 0.394. The zero-order valence-corrected chi connectivity index (χ0v) is 18.8. The molecule has 1 N–H and O–H groups in total. The van der Waals surface area contributed by atoms with Crippen molar-refractivity contribution in [2.45, 2.75) is 58.3 Å². The van der Waals surface area contributed by atoms with Gasteiger partial charge < -0.3 is 14.6 Å². The van der Waals surface area contributed by atoms with E-state index in [0.717, 1.165) is 24.1 Å². The van der Waals surface area contributed by atoms with Crippen LogP contribution in [-0.2, 0) is 16.0 Å². The molecule has 168 valence electrons. The van der Waals surface area contributed by atoms with Gasteiger partial charge in [0.1, 0.15) is 6.61 Å². The molecular weight excluding hydrogens is 406 g/mol. The number of ether oxygens (including phenoxy) is 1. The third kappa shape index (κ3) is 5.15. The molecule has 7 heteroatoms. The number of hydrogen-bond acceptors (Lipinski definition) is 6. The lowest BCUT2D eigenvalue weighted by molar-refractivity contribution is -0.121. The highest BCUT2D eigenvalue weighted by atomic mass is 16.5. The Labute approximate surface area is 187 Å². The summed E-state index contributed by atoms with van der Waals surface area (Å²) in [6, 6.07) is 9.96. The summed E-state index contributed by atoms with van der Waals surface area (Å²) < 4.78 is 10.9. The standard InChI is InChI=1S/C25H29N3O4/c1-15(2)23-22-19(14-20(18-9-10-18)27-24(22)32-28-23)25(30)31-13-12-26-21(29)11-8-17-6-4-16(3)5-7-17/h4-7,14-15,18H,8-13H2,1-3H3,(H,26,29). The van der Waals surface area contributed by atoms with Crippen molar-refractivity contribution in [3.8, 4) is 0 Å². The van der Waals surface area contributed by atoms with E-state index in [9.17, 15) is 9.59 Å². The maximum atomic E-state index is 12.9. The van der Waals surface area contributed by atoms with E-state index < -0.39 is 5.97 Å². The molecule has 1 fully saturated rings. The molecule has 2 heterocycles. The summed E-state index contributed by atoms with van der Waals surface area (Å²) in [5.74, 6) is -0.0565. The molecule has 0 unspecified atom stereocenters. The number of fused-ring (bicyclic) bond motifs is 1. The Kier molecular flexibility index (Phi) is 6.53. The molecule has 0 bridgehead atoms. The van der Waals surface area contributed by atoms with Crippen molar-refractivity contribution in [3.63, 3.8) is 0 Å². The number of carbonyl (C=O) groups excluding carboxylic acids is 2. The van der Waals surface area contributed by atoms with E-state index in [-0.39, 0.29) is 25.0 Å². The first-order valence-corrected chi connectivity index (χ1v) is 11.2. The fourth-order valence-corrected chi connectivity index (χ4v) is 3.65. The highest BCUT2D eigenvalue weighted by Crippen LogP contribution is 2.41. The van der Waals surface area contributed by atoms with Crippen LogP contribution < -0.4 is 5.32 Å². The molecule has 1 aliphatic rings. The van der Waals surface area contributed by atoms with Crippen LogP contribution in [0.25, 0.3) is 11.1 Å². The first-order valence-electron chi connectivity index (χ1n) is 11.2. The highest BCUT2D eigenvalue weighted by molar-refractivity contribution is 6.03. The maximum absolute atomic E-state index is 12.9. The summed E-state index contributed by atoms with van der Waals surface area (Å²) in [6.07, 6.45) is 3.20. The van der Waals surface area contributed by atoms with E-state index in [1.165, 1.54) is 5.56 Å². The van der Waals surface area contributed by atoms with E-state index in [4.69, 9.17) is 9.26 Å². The van der Waals surface area contributed by atoms with Crippen molar-refractivity contribution < 1.29 is 18.8 Å². The van der Waals surface area contributed by atoms with Crippen molar-refractivity contribution >= 4 is 23.0 Å².